The van der Waals surface area contributed by atoms with Crippen molar-refractivity contribution in [2.24, 2.45) is 7.05 Å². The van der Waals surface area contributed by atoms with Crippen LogP contribution in [0.1, 0.15) is 37.9 Å². The Hall–Kier alpha value is -3.79. The fraction of sp³-hybridized carbons (Fsp3) is 0.375. The van der Waals surface area contributed by atoms with E-state index in [9.17, 15) is 4.79 Å². The highest BCUT2D eigenvalue weighted by molar-refractivity contribution is 6.09. The van der Waals surface area contributed by atoms with Gasteiger partial charge >= 0.3 is 5.69 Å². The number of furan rings is 1. The van der Waals surface area contributed by atoms with Crippen LogP contribution in [0.4, 0.5) is 0 Å². The second-order valence-electron chi connectivity index (χ2n) is 8.45. The molecule has 10 nitrogen and oxygen atoms in total. The minimum Gasteiger partial charge on any atom is -0.450 e. The van der Waals surface area contributed by atoms with Gasteiger partial charge in [-0.15, -0.1) is 0 Å². The van der Waals surface area contributed by atoms with Crippen molar-refractivity contribution in [1.82, 2.24) is 29.6 Å². The van der Waals surface area contributed by atoms with Crippen molar-refractivity contribution in [2.75, 3.05) is 13.7 Å². The van der Waals surface area contributed by atoms with Crippen LogP contribution >= 0.6 is 0 Å². The Labute approximate surface area is 195 Å². The number of ether oxygens (including phenoxy) is 1. The van der Waals surface area contributed by atoms with Crippen molar-refractivity contribution in [2.45, 2.75) is 38.3 Å². The van der Waals surface area contributed by atoms with E-state index >= 15 is 0 Å². The molecule has 176 valence electrons. The SMILES string of the molecule is CC[C@H]1C[C@@H](n2c(=O)nc(-c3cnn(C)c3)c3oc4ccc(C(=N)/C=C\NC)nc4c32)CCO1. The largest absolute Gasteiger partial charge is 0.450 e. The van der Waals surface area contributed by atoms with E-state index in [2.05, 4.69) is 22.3 Å². The van der Waals surface area contributed by atoms with Gasteiger partial charge in [0.1, 0.15) is 16.7 Å². The quantitative estimate of drug-likeness (QED) is 0.423. The first-order valence-corrected chi connectivity index (χ1v) is 11.4. The molecule has 0 spiro atoms. The van der Waals surface area contributed by atoms with Crippen LogP contribution < -0.4 is 11.0 Å². The summed E-state index contributed by atoms with van der Waals surface area (Å²) < 4.78 is 15.5. The van der Waals surface area contributed by atoms with Gasteiger partial charge in [-0.2, -0.15) is 10.1 Å². The predicted molar refractivity (Wildman–Crippen MR) is 129 cm³/mol. The Kier molecular flexibility index (Phi) is 5.74. The van der Waals surface area contributed by atoms with E-state index in [4.69, 9.17) is 19.5 Å². The van der Waals surface area contributed by atoms with Gasteiger partial charge in [0.2, 0.25) is 0 Å². The zero-order valence-corrected chi connectivity index (χ0v) is 19.4. The number of nitrogens with one attached hydrogen (secondary N) is 2. The molecule has 4 aromatic heterocycles. The highest BCUT2D eigenvalue weighted by atomic mass is 16.5. The van der Waals surface area contributed by atoms with Gasteiger partial charge in [-0.3, -0.25) is 14.7 Å². The lowest BCUT2D eigenvalue weighted by atomic mass is 10.0. The van der Waals surface area contributed by atoms with Crippen molar-refractivity contribution in [3.8, 4) is 11.3 Å². The van der Waals surface area contributed by atoms with Crippen LogP contribution in [0.2, 0.25) is 0 Å². The number of allylic oxidation sites excluding steroid dienone is 1. The normalized spacial score (nSPS) is 18.8. The maximum atomic E-state index is 13.5. The number of nitrogens with zero attached hydrogens (tertiary/aromatic N) is 5. The summed E-state index contributed by atoms with van der Waals surface area (Å²) in [6, 6.07) is 3.45. The molecule has 5 rings (SSSR count). The van der Waals surface area contributed by atoms with Crippen LogP contribution in [-0.2, 0) is 11.8 Å². The zero-order chi connectivity index (χ0) is 23.8. The summed E-state index contributed by atoms with van der Waals surface area (Å²) in [6.07, 6.45) is 9.15. The summed E-state index contributed by atoms with van der Waals surface area (Å²) in [5, 5.41) is 15.5. The summed E-state index contributed by atoms with van der Waals surface area (Å²) in [4.78, 5) is 22.7. The molecule has 2 N–H and O–H groups in total. The van der Waals surface area contributed by atoms with Gasteiger partial charge in [0.05, 0.1) is 23.7 Å². The summed E-state index contributed by atoms with van der Waals surface area (Å²) in [7, 11) is 3.58. The van der Waals surface area contributed by atoms with Gasteiger partial charge in [0.25, 0.3) is 0 Å². The fourth-order valence-corrected chi connectivity index (χ4v) is 4.50. The van der Waals surface area contributed by atoms with E-state index in [1.54, 1.807) is 53.1 Å². The van der Waals surface area contributed by atoms with Crippen molar-refractivity contribution >= 4 is 27.9 Å². The van der Waals surface area contributed by atoms with Gasteiger partial charge in [-0.25, -0.2) is 9.78 Å². The molecule has 1 aliphatic heterocycles. The number of hydrogen-bond donors (Lipinski definition) is 2. The topological polar surface area (TPSA) is 124 Å². The first-order chi connectivity index (χ1) is 16.5. The summed E-state index contributed by atoms with van der Waals surface area (Å²) in [5.41, 5.74) is 3.68. The Morgan fingerprint density at radius 1 is 1.35 bits per heavy atom. The van der Waals surface area contributed by atoms with Crippen LogP contribution in [0, 0.1) is 5.41 Å². The second-order valence-corrected chi connectivity index (χ2v) is 8.45. The molecular formula is C24H27N7O3. The number of pyridine rings is 1. The second kappa shape index (κ2) is 8.86. The number of aromatic nitrogens is 5. The molecule has 1 aliphatic rings. The molecular weight excluding hydrogens is 434 g/mol. The van der Waals surface area contributed by atoms with Gasteiger partial charge in [0, 0.05) is 38.5 Å². The molecule has 0 saturated carbocycles. The molecule has 34 heavy (non-hydrogen) atoms. The molecule has 10 heteroatoms. The maximum Gasteiger partial charge on any atom is 0.349 e. The lowest BCUT2D eigenvalue weighted by Gasteiger charge is -2.30. The molecule has 0 amide bonds. The van der Waals surface area contributed by atoms with Crippen molar-refractivity contribution in [3.63, 3.8) is 0 Å². The van der Waals surface area contributed by atoms with E-state index in [-0.39, 0.29) is 23.5 Å². The maximum absolute atomic E-state index is 13.5. The van der Waals surface area contributed by atoms with Crippen LogP contribution in [0.25, 0.3) is 33.5 Å². The van der Waals surface area contributed by atoms with Crippen molar-refractivity contribution in [3.05, 3.63) is 53.0 Å². The first kappa shape index (κ1) is 22.0. The highest BCUT2D eigenvalue weighted by Crippen LogP contribution is 2.36. The molecule has 0 bridgehead atoms. The van der Waals surface area contributed by atoms with Crippen LogP contribution in [0.3, 0.4) is 0 Å². The number of fused-ring (bicyclic) bond motifs is 3. The third kappa shape index (κ3) is 3.79. The Morgan fingerprint density at radius 2 is 2.21 bits per heavy atom. The molecule has 5 heterocycles. The van der Waals surface area contributed by atoms with E-state index in [1.807, 2.05) is 7.05 Å². The van der Waals surface area contributed by atoms with Gasteiger partial charge in [-0.1, -0.05) is 6.92 Å². The van der Waals surface area contributed by atoms with E-state index in [0.717, 1.165) is 6.42 Å². The summed E-state index contributed by atoms with van der Waals surface area (Å²) in [5.74, 6) is 0. The molecule has 4 aromatic rings. The van der Waals surface area contributed by atoms with Gasteiger partial charge in [-0.05, 0) is 43.7 Å². The smallest absolute Gasteiger partial charge is 0.349 e. The van der Waals surface area contributed by atoms with Crippen molar-refractivity contribution in [1.29, 1.82) is 5.41 Å². The number of aryl methyl sites for hydroxylation is 1. The average molecular weight is 462 g/mol. The van der Waals surface area contributed by atoms with Crippen LogP contribution in [-0.4, -0.2) is 49.8 Å². The highest BCUT2D eigenvalue weighted by Gasteiger charge is 2.29. The standard InChI is InChI=1S/C24H27N7O3/c1-4-16-11-15(8-10-33-16)31-22-21-19(6-5-18(28-21)17(25)7-9-26-2)34-23(22)20(29-24(31)32)14-12-27-30(3)13-14/h5-7,9,12-13,15-16,25-26H,4,8,10-11H2,1-3H3/b9-7-,25-17?/t15-,16-/m0/s1. The Balaban J connectivity index is 1.79. The van der Waals surface area contributed by atoms with Gasteiger partial charge < -0.3 is 14.5 Å². The molecule has 1 saturated heterocycles. The minimum atomic E-state index is -0.354. The average Bonchev–Trinajstić information content (AvgIpc) is 3.45. The molecule has 0 aliphatic carbocycles. The van der Waals surface area contributed by atoms with E-state index in [0.29, 0.717) is 58.6 Å². The Morgan fingerprint density at radius 3 is 2.94 bits per heavy atom. The summed E-state index contributed by atoms with van der Waals surface area (Å²) >= 11 is 0. The molecule has 1 fully saturated rings. The first-order valence-electron chi connectivity index (χ1n) is 11.4. The van der Waals surface area contributed by atoms with Crippen LogP contribution in [0.15, 0.2) is 46.0 Å². The molecule has 0 unspecified atom stereocenters. The number of rotatable bonds is 6. The fourth-order valence-electron chi connectivity index (χ4n) is 4.50. The minimum absolute atomic E-state index is 0.0836. The third-order valence-corrected chi connectivity index (χ3v) is 6.21. The molecule has 2 atom stereocenters. The number of hydrogen-bond acceptors (Lipinski definition) is 8. The molecule has 0 radical (unpaired) electrons. The molecule has 0 aromatic carbocycles. The lowest BCUT2D eigenvalue weighted by molar-refractivity contribution is -0.00710. The van der Waals surface area contributed by atoms with E-state index < -0.39 is 0 Å². The van der Waals surface area contributed by atoms with E-state index in [1.165, 1.54) is 0 Å². The third-order valence-electron chi connectivity index (χ3n) is 6.21. The zero-order valence-electron chi connectivity index (χ0n) is 19.4. The monoisotopic (exact) mass is 461 g/mol. The van der Waals surface area contributed by atoms with Crippen LogP contribution in [0.5, 0.6) is 0 Å². The van der Waals surface area contributed by atoms with Gasteiger partial charge in [0.15, 0.2) is 11.2 Å². The lowest BCUT2D eigenvalue weighted by Crippen LogP contribution is -2.34. The summed E-state index contributed by atoms with van der Waals surface area (Å²) in [6.45, 7) is 2.66. The Bertz CT molecular complexity index is 1460. The predicted octanol–water partition coefficient (Wildman–Crippen LogP) is 3.17. The van der Waals surface area contributed by atoms with Crippen molar-refractivity contribution < 1.29 is 9.15 Å².